The Kier molecular flexibility index (Phi) is 8.17. The van der Waals surface area contributed by atoms with Gasteiger partial charge in [0.1, 0.15) is 0 Å². The number of anilines is 1. The summed E-state index contributed by atoms with van der Waals surface area (Å²) < 4.78 is 0. The number of hydrogen-bond acceptors (Lipinski definition) is 2. The van der Waals surface area contributed by atoms with Crippen LogP contribution in [0.4, 0.5) is 5.69 Å². The summed E-state index contributed by atoms with van der Waals surface area (Å²) >= 11 is 0. The summed E-state index contributed by atoms with van der Waals surface area (Å²) in [6, 6.07) is 26.9. The van der Waals surface area contributed by atoms with Crippen LogP contribution >= 0.6 is 0 Å². The third kappa shape index (κ3) is 5.62. The Morgan fingerprint density at radius 1 is 0.812 bits per heavy atom. The molecule has 5 heteroatoms. The van der Waals surface area contributed by atoms with Gasteiger partial charge in [0.05, 0.1) is 24.7 Å². The van der Waals surface area contributed by atoms with Crippen LogP contribution in [0.15, 0.2) is 84.9 Å². The molecule has 0 saturated heterocycles. The molecule has 0 fully saturated rings. The van der Waals surface area contributed by atoms with Gasteiger partial charge >= 0.3 is 5.91 Å². The number of aryl methyl sites for hydroxylation is 1. The van der Waals surface area contributed by atoms with Crippen LogP contribution in [-0.2, 0) is 9.59 Å². The zero-order valence-corrected chi connectivity index (χ0v) is 19.0. The molecule has 0 aliphatic rings. The molecule has 3 aromatic rings. The van der Waals surface area contributed by atoms with Crippen molar-refractivity contribution in [1.29, 1.82) is 0 Å². The van der Waals surface area contributed by atoms with Gasteiger partial charge in [0.25, 0.3) is 5.91 Å². The Balaban J connectivity index is 1.97. The molecular weight excluding hydrogens is 398 g/mol. The lowest BCUT2D eigenvalue weighted by Gasteiger charge is -2.28. The van der Waals surface area contributed by atoms with Crippen molar-refractivity contribution >= 4 is 17.5 Å². The van der Waals surface area contributed by atoms with E-state index in [2.05, 4.69) is 19.3 Å². The molecule has 0 bridgehead atoms. The van der Waals surface area contributed by atoms with E-state index >= 15 is 0 Å². The number of carbonyl (C=O) groups is 2. The number of rotatable bonds is 8. The Hall–Kier alpha value is -3.44. The third-order valence-electron chi connectivity index (χ3n) is 5.76. The first kappa shape index (κ1) is 23.2. The highest BCUT2D eigenvalue weighted by molar-refractivity contribution is 5.99. The lowest BCUT2D eigenvalue weighted by atomic mass is 9.91. The van der Waals surface area contributed by atoms with Crippen molar-refractivity contribution in [2.24, 2.45) is 0 Å². The second kappa shape index (κ2) is 11.3. The molecule has 32 heavy (non-hydrogen) atoms. The summed E-state index contributed by atoms with van der Waals surface area (Å²) in [5.41, 5.74) is 6.33. The Bertz CT molecular complexity index is 978. The Morgan fingerprint density at radius 3 is 1.81 bits per heavy atom. The number of para-hydroxylation sites is 1. The van der Waals surface area contributed by atoms with Crippen LogP contribution in [0.3, 0.4) is 0 Å². The summed E-state index contributed by atoms with van der Waals surface area (Å²) in [4.78, 5) is 28.2. The maximum atomic E-state index is 13.7. The number of hydrogen-bond donors (Lipinski definition) is 2. The van der Waals surface area contributed by atoms with E-state index in [1.165, 1.54) is 5.01 Å². The SMILES string of the molecule is CC[NH+](CC)CC(=O)N(NC(=O)C(c1ccccc1)c1ccccc1)c1ccccc1C. The second-order valence-corrected chi connectivity index (χ2v) is 7.88. The topological polar surface area (TPSA) is 53.9 Å². The molecule has 0 saturated carbocycles. The first-order valence-electron chi connectivity index (χ1n) is 11.2. The molecule has 2 N–H and O–H groups in total. The van der Waals surface area contributed by atoms with Crippen molar-refractivity contribution in [2.75, 3.05) is 24.6 Å². The zero-order valence-electron chi connectivity index (χ0n) is 19.0. The molecule has 2 amide bonds. The lowest BCUT2D eigenvalue weighted by molar-refractivity contribution is -0.888. The average Bonchev–Trinajstić information content (AvgIpc) is 2.83. The average molecular weight is 431 g/mol. The molecule has 0 aliphatic carbocycles. The fourth-order valence-corrected chi connectivity index (χ4v) is 3.83. The molecule has 0 aromatic heterocycles. The van der Waals surface area contributed by atoms with Gasteiger partial charge in [-0.25, -0.2) is 5.01 Å². The minimum Gasteiger partial charge on any atom is -0.328 e. The van der Waals surface area contributed by atoms with E-state index in [1.54, 1.807) is 0 Å². The minimum atomic E-state index is -0.530. The fraction of sp³-hybridized carbons (Fsp3) is 0.259. The first-order chi connectivity index (χ1) is 15.5. The lowest BCUT2D eigenvalue weighted by Crippen LogP contribution is -3.12. The summed E-state index contributed by atoms with van der Waals surface area (Å²) in [6.45, 7) is 8.05. The Labute approximate surface area is 190 Å². The quantitative estimate of drug-likeness (QED) is 0.540. The molecule has 3 rings (SSSR count). The molecule has 0 spiro atoms. The van der Waals surface area contributed by atoms with Crippen molar-refractivity contribution in [2.45, 2.75) is 26.7 Å². The standard InChI is InChI=1S/C27H31N3O2/c1-4-29(5-2)20-25(31)30(24-19-13-12-14-21(24)3)28-27(32)26(22-15-8-6-9-16-22)23-17-10-7-11-18-23/h6-19,26H,4-5,20H2,1-3H3,(H,28,32)/p+1. The van der Waals surface area contributed by atoms with Gasteiger partial charge < -0.3 is 4.90 Å². The number of benzene rings is 3. The zero-order chi connectivity index (χ0) is 22.9. The predicted molar refractivity (Wildman–Crippen MR) is 128 cm³/mol. The van der Waals surface area contributed by atoms with Gasteiger partial charge in [0.2, 0.25) is 0 Å². The molecule has 0 radical (unpaired) electrons. The molecule has 166 valence electrons. The normalized spacial score (nSPS) is 10.9. The van der Waals surface area contributed by atoms with Gasteiger partial charge in [0, 0.05) is 0 Å². The number of likely N-dealkylation sites (N-methyl/N-ethyl adjacent to an activating group) is 1. The van der Waals surface area contributed by atoms with Gasteiger partial charge in [-0.1, -0.05) is 78.9 Å². The van der Waals surface area contributed by atoms with Crippen LogP contribution < -0.4 is 15.3 Å². The molecule has 5 nitrogen and oxygen atoms in total. The van der Waals surface area contributed by atoms with Crippen LogP contribution in [-0.4, -0.2) is 31.4 Å². The number of nitrogens with one attached hydrogen (secondary N) is 2. The predicted octanol–water partition coefficient (Wildman–Crippen LogP) is 3.12. The molecule has 0 heterocycles. The number of nitrogens with zero attached hydrogens (tertiary/aromatic N) is 1. The summed E-state index contributed by atoms with van der Waals surface area (Å²) in [6.07, 6.45) is 0. The first-order valence-corrected chi connectivity index (χ1v) is 11.2. The third-order valence-corrected chi connectivity index (χ3v) is 5.76. The highest BCUT2D eigenvalue weighted by Crippen LogP contribution is 2.26. The summed E-state index contributed by atoms with van der Waals surface area (Å²) in [5, 5.41) is 1.43. The van der Waals surface area contributed by atoms with E-state index in [0.717, 1.165) is 34.7 Å². The van der Waals surface area contributed by atoms with Gasteiger partial charge in [0.15, 0.2) is 6.54 Å². The number of amides is 2. The van der Waals surface area contributed by atoms with E-state index in [1.807, 2.05) is 91.9 Å². The van der Waals surface area contributed by atoms with Gasteiger partial charge in [-0.2, -0.15) is 0 Å². The van der Waals surface area contributed by atoms with Crippen LogP contribution in [0.5, 0.6) is 0 Å². The summed E-state index contributed by atoms with van der Waals surface area (Å²) in [7, 11) is 0. The van der Waals surface area contributed by atoms with Crippen LogP contribution in [0.1, 0.15) is 36.5 Å². The smallest absolute Gasteiger partial charge is 0.300 e. The van der Waals surface area contributed by atoms with E-state index in [4.69, 9.17) is 0 Å². The second-order valence-electron chi connectivity index (χ2n) is 7.88. The van der Waals surface area contributed by atoms with E-state index in [-0.39, 0.29) is 11.8 Å². The monoisotopic (exact) mass is 430 g/mol. The number of quaternary nitrogens is 1. The van der Waals surface area contributed by atoms with Crippen LogP contribution in [0, 0.1) is 6.92 Å². The largest absolute Gasteiger partial charge is 0.328 e. The van der Waals surface area contributed by atoms with Crippen molar-refractivity contribution in [3.63, 3.8) is 0 Å². The van der Waals surface area contributed by atoms with Crippen LogP contribution in [0.25, 0.3) is 0 Å². The number of carbonyl (C=O) groups excluding carboxylic acids is 2. The van der Waals surface area contributed by atoms with E-state index in [9.17, 15) is 9.59 Å². The summed E-state index contributed by atoms with van der Waals surface area (Å²) in [5.74, 6) is -0.905. The molecule has 3 aromatic carbocycles. The van der Waals surface area contributed by atoms with Crippen molar-refractivity contribution in [1.82, 2.24) is 5.43 Å². The molecule has 0 aliphatic heterocycles. The molecular formula is C27H32N3O2+. The van der Waals surface area contributed by atoms with Crippen molar-refractivity contribution in [3.8, 4) is 0 Å². The molecule has 0 unspecified atom stereocenters. The fourth-order valence-electron chi connectivity index (χ4n) is 3.83. The molecule has 0 atom stereocenters. The highest BCUT2D eigenvalue weighted by atomic mass is 16.2. The van der Waals surface area contributed by atoms with E-state index in [0.29, 0.717) is 12.2 Å². The van der Waals surface area contributed by atoms with Crippen LogP contribution in [0.2, 0.25) is 0 Å². The maximum Gasteiger partial charge on any atom is 0.300 e. The van der Waals surface area contributed by atoms with E-state index < -0.39 is 5.92 Å². The van der Waals surface area contributed by atoms with Gasteiger partial charge in [-0.3, -0.25) is 15.0 Å². The van der Waals surface area contributed by atoms with Gasteiger partial charge in [-0.15, -0.1) is 0 Å². The van der Waals surface area contributed by atoms with Crippen molar-refractivity contribution in [3.05, 3.63) is 102 Å². The Morgan fingerprint density at radius 2 is 1.31 bits per heavy atom. The number of hydrazine groups is 1. The maximum absolute atomic E-state index is 13.7. The minimum absolute atomic E-state index is 0.133. The van der Waals surface area contributed by atoms with Gasteiger partial charge in [-0.05, 0) is 43.5 Å². The highest BCUT2D eigenvalue weighted by Gasteiger charge is 2.28. The van der Waals surface area contributed by atoms with Crippen molar-refractivity contribution < 1.29 is 14.5 Å².